The average molecular weight is 435 g/mol. The van der Waals surface area contributed by atoms with Gasteiger partial charge in [0.25, 0.3) is 0 Å². The molecule has 2 heterocycles. The molecule has 0 bridgehead atoms. The van der Waals surface area contributed by atoms with E-state index in [9.17, 15) is 0 Å². The van der Waals surface area contributed by atoms with E-state index in [0.717, 1.165) is 17.3 Å². The summed E-state index contributed by atoms with van der Waals surface area (Å²) in [5.41, 5.74) is 5.71. The van der Waals surface area contributed by atoms with Gasteiger partial charge in [-0.15, -0.1) is 0 Å². The highest BCUT2D eigenvalue weighted by Gasteiger charge is 2.54. The van der Waals surface area contributed by atoms with Crippen LogP contribution in [0.25, 0.3) is 0 Å². The Morgan fingerprint density at radius 1 is 0.967 bits per heavy atom. The van der Waals surface area contributed by atoms with Crippen molar-refractivity contribution >= 4 is 35.1 Å². The van der Waals surface area contributed by atoms with E-state index in [4.69, 9.17) is 28.2 Å². The Labute approximate surface area is 188 Å². The lowest BCUT2D eigenvalue weighted by molar-refractivity contribution is 0.208. The molecule has 0 aliphatic carbocycles. The monoisotopic (exact) mass is 434 g/mol. The first-order valence-electron chi connectivity index (χ1n) is 10.4. The van der Waals surface area contributed by atoms with E-state index in [0.29, 0.717) is 10.9 Å². The van der Waals surface area contributed by atoms with Crippen molar-refractivity contribution in [1.29, 1.82) is 0 Å². The summed E-state index contributed by atoms with van der Waals surface area (Å²) < 4.78 is 0. The average Bonchev–Trinajstić information content (AvgIpc) is 3.08. The highest BCUT2D eigenvalue weighted by atomic mass is 35.5. The molecule has 2 aliphatic heterocycles. The van der Waals surface area contributed by atoms with E-state index in [1.165, 1.54) is 22.3 Å². The van der Waals surface area contributed by atoms with Gasteiger partial charge in [-0.25, -0.2) is 0 Å². The van der Waals surface area contributed by atoms with Crippen LogP contribution in [0.3, 0.4) is 0 Å². The van der Waals surface area contributed by atoms with Gasteiger partial charge in [0.1, 0.15) is 0 Å². The standard InChI is InChI=1S/C26H24Cl2N2/c1-16-6-3-4-9-21(16)25-26(15-30-23-13-20(28)10-11-22(23)26)24(17(2)14-29-25)18-7-5-8-19(27)12-18/h3-13,15,17,24-25,29H,14H2,1-2H3/t17-,24+,25-,26-/m1/s1. The number of rotatable bonds is 2. The Hall–Kier alpha value is -2.13. The lowest BCUT2D eigenvalue weighted by Gasteiger charge is -2.50. The first-order chi connectivity index (χ1) is 14.5. The molecule has 1 fully saturated rings. The second-order valence-electron chi connectivity index (χ2n) is 8.56. The summed E-state index contributed by atoms with van der Waals surface area (Å²) in [6.07, 6.45) is 2.17. The second-order valence-corrected chi connectivity index (χ2v) is 9.43. The number of fused-ring (bicyclic) bond motifs is 2. The molecule has 1 N–H and O–H groups in total. The van der Waals surface area contributed by atoms with Crippen molar-refractivity contribution in [2.24, 2.45) is 10.9 Å². The summed E-state index contributed by atoms with van der Waals surface area (Å²) in [5, 5.41) is 5.36. The Bertz CT molecular complexity index is 1140. The van der Waals surface area contributed by atoms with Crippen LogP contribution in [-0.4, -0.2) is 12.8 Å². The molecule has 0 aromatic heterocycles. The molecule has 0 radical (unpaired) electrons. The Balaban J connectivity index is 1.79. The van der Waals surface area contributed by atoms with Crippen molar-refractivity contribution in [2.45, 2.75) is 31.2 Å². The van der Waals surface area contributed by atoms with Gasteiger partial charge in [-0.2, -0.15) is 0 Å². The van der Waals surface area contributed by atoms with E-state index in [1.54, 1.807) is 0 Å². The molecule has 4 heteroatoms. The maximum atomic E-state index is 6.44. The van der Waals surface area contributed by atoms with Crippen LogP contribution in [-0.2, 0) is 5.41 Å². The second kappa shape index (κ2) is 7.53. The molecule has 3 aromatic rings. The number of hydrogen-bond acceptors (Lipinski definition) is 2. The Morgan fingerprint density at radius 2 is 1.77 bits per heavy atom. The first kappa shape index (κ1) is 19.8. The highest BCUT2D eigenvalue weighted by molar-refractivity contribution is 6.31. The molecule has 4 atom stereocenters. The van der Waals surface area contributed by atoms with Gasteiger partial charge >= 0.3 is 0 Å². The van der Waals surface area contributed by atoms with Crippen LogP contribution in [0.1, 0.15) is 41.1 Å². The van der Waals surface area contributed by atoms with E-state index >= 15 is 0 Å². The molecule has 1 spiro atoms. The molecular formula is C26H24Cl2N2. The third-order valence-corrected chi connectivity index (χ3v) is 7.23. The van der Waals surface area contributed by atoms with Gasteiger partial charge in [0.15, 0.2) is 0 Å². The first-order valence-corrected chi connectivity index (χ1v) is 11.2. The number of nitrogens with one attached hydrogen (secondary N) is 1. The third-order valence-electron chi connectivity index (χ3n) is 6.76. The zero-order valence-corrected chi connectivity index (χ0v) is 18.6. The Morgan fingerprint density at radius 3 is 2.57 bits per heavy atom. The number of aryl methyl sites for hydroxylation is 1. The summed E-state index contributed by atoms with van der Waals surface area (Å²) in [4.78, 5) is 4.89. The topological polar surface area (TPSA) is 24.4 Å². The van der Waals surface area contributed by atoms with Crippen LogP contribution in [0.4, 0.5) is 5.69 Å². The quantitative estimate of drug-likeness (QED) is 0.460. The molecular weight excluding hydrogens is 411 g/mol. The normalized spacial score (nSPS) is 27.4. The maximum Gasteiger partial charge on any atom is 0.0683 e. The van der Waals surface area contributed by atoms with Crippen molar-refractivity contribution < 1.29 is 0 Å². The fourth-order valence-corrected chi connectivity index (χ4v) is 5.89. The minimum absolute atomic E-state index is 0.102. The predicted molar refractivity (Wildman–Crippen MR) is 127 cm³/mol. The number of aliphatic imine (C=N–C) groups is 1. The van der Waals surface area contributed by atoms with Gasteiger partial charge in [-0.3, -0.25) is 4.99 Å². The van der Waals surface area contributed by atoms with Gasteiger partial charge in [0.05, 0.1) is 11.1 Å². The van der Waals surface area contributed by atoms with Crippen molar-refractivity contribution in [2.75, 3.05) is 6.54 Å². The van der Waals surface area contributed by atoms with Crippen LogP contribution in [0.15, 0.2) is 71.7 Å². The molecule has 5 rings (SSSR count). The fourth-order valence-electron chi connectivity index (χ4n) is 5.52. The number of piperidine rings is 1. The van der Waals surface area contributed by atoms with Gasteiger partial charge in [0, 0.05) is 28.2 Å². The molecule has 0 unspecified atom stereocenters. The molecule has 2 nitrogen and oxygen atoms in total. The maximum absolute atomic E-state index is 6.44. The molecule has 30 heavy (non-hydrogen) atoms. The molecule has 2 aliphatic rings. The van der Waals surface area contributed by atoms with E-state index < -0.39 is 0 Å². The van der Waals surface area contributed by atoms with Crippen LogP contribution in [0, 0.1) is 12.8 Å². The van der Waals surface area contributed by atoms with E-state index in [2.05, 4.69) is 73.9 Å². The summed E-state index contributed by atoms with van der Waals surface area (Å²) in [6, 6.07) is 23.2. The highest BCUT2D eigenvalue weighted by Crippen LogP contribution is 2.57. The minimum Gasteiger partial charge on any atom is -0.309 e. The minimum atomic E-state index is -0.325. The number of hydrogen-bond donors (Lipinski definition) is 1. The molecule has 1 saturated heterocycles. The smallest absolute Gasteiger partial charge is 0.0683 e. The molecule has 3 aromatic carbocycles. The van der Waals surface area contributed by atoms with Crippen molar-refractivity contribution in [1.82, 2.24) is 5.32 Å². The van der Waals surface area contributed by atoms with E-state index in [1.807, 2.05) is 18.2 Å². The predicted octanol–water partition coefficient (Wildman–Crippen LogP) is 7.02. The zero-order valence-electron chi connectivity index (χ0n) is 17.1. The van der Waals surface area contributed by atoms with Gasteiger partial charge in [-0.05, 0) is 65.9 Å². The number of halogens is 2. The lowest BCUT2D eigenvalue weighted by atomic mass is 9.57. The Kier molecular flexibility index (Phi) is 4.97. The van der Waals surface area contributed by atoms with Crippen LogP contribution >= 0.6 is 23.2 Å². The van der Waals surface area contributed by atoms with Gasteiger partial charge < -0.3 is 5.32 Å². The summed E-state index contributed by atoms with van der Waals surface area (Å²) in [5.74, 6) is 0.630. The van der Waals surface area contributed by atoms with Crippen molar-refractivity contribution in [3.8, 4) is 0 Å². The van der Waals surface area contributed by atoms with Gasteiger partial charge in [0.2, 0.25) is 0 Å². The van der Waals surface area contributed by atoms with E-state index in [-0.39, 0.29) is 17.4 Å². The van der Waals surface area contributed by atoms with Crippen LogP contribution in [0.5, 0.6) is 0 Å². The van der Waals surface area contributed by atoms with Crippen LogP contribution < -0.4 is 5.32 Å². The van der Waals surface area contributed by atoms with Crippen LogP contribution in [0.2, 0.25) is 10.0 Å². The number of nitrogens with zero attached hydrogens (tertiary/aromatic N) is 1. The summed E-state index contributed by atoms with van der Waals surface area (Å²) in [7, 11) is 0. The largest absolute Gasteiger partial charge is 0.309 e. The lowest BCUT2D eigenvalue weighted by Crippen LogP contribution is -2.54. The SMILES string of the molecule is Cc1ccccc1[C@H]1NC[C@@H](C)[C@@H](c2cccc(Cl)c2)[C@]12C=Nc1cc(Cl)ccc12. The van der Waals surface area contributed by atoms with Gasteiger partial charge in [-0.1, -0.05) is 72.6 Å². The molecule has 0 saturated carbocycles. The fraction of sp³-hybridized carbons (Fsp3) is 0.269. The zero-order chi connectivity index (χ0) is 20.9. The summed E-state index contributed by atoms with van der Waals surface area (Å²) >= 11 is 12.8. The molecule has 152 valence electrons. The molecule has 0 amide bonds. The third kappa shape index (κ3) is 3.01. The van der Waals surface area contributed by atoms with Crippen molar-refractivity contribution in [3.63, 3.8) is 0 Å². The van der Waals surface area contributed by atoms with Crippen molar-refractivity contribution in [3.05, 3.63) is 99.0 Å². The summed E-state index contributed by atoms with van der Waals surface area (Å²) in [6.45, 7) is 5.43. The number of benzene rings is 3.